The summed E-state index contributed by atoms with van der Waals surface area (Å²) in [4.78, 5) is 0. The maximum atomic E-state index is 6.07. The van der Waals surface area contributed by atoms with Crippen LogP contribution in [0.1, 0.15) is 11.1 Å². The van der Waals surface area contributed by atoms with E-state index in [4.69, 9.17) is 22.1 Å². The molecule has 0 aliphatic rings. The minimum atomic E-state index is 0.131. The van der Waals surface area contributed by atoms with E-state index in [0.29, 0.717) is 11.6 Å². The summed E-state index contributed by atoms with van der Waals surface area (Å²) in [5.41, 5.74) is 9.61. The van der Waals surface area contributed by atoms with Crippen molar-refractivity contribution in [2.24, 2.45) is 10.8 Å². The number of thiocarbonyl (C=S) groups is 1. The number of hydrogen-bond donors (Lipinski definition) is 2. The molecule has 0 aliphatic carbocycles. The van der Waals surface area contributed by atoms with Crippen molar-refractivity contribution in [2.45, 2.75) is 6.61 Å². The molecular formula is C15H14ClN3OS. The molecule has 0 amide bonds. The molecule has 2 aromatic carbocycles. The lowest BCUT2D eigenvalue weighted by Gasteiger charge is -2.07. The van der Waals surface area contributed by atoms with Crippen molar-refractivity contribution in [3.05, 3.63) is 64.7 Å². The van der Waals surface area contributed by atoms with Gasteiger partial charge >= 0.3 is 0 Å². The maximum absolute atomic E-state index is 6.07. The zero-order chi connectivity index (χ0) is 15.1. The third-order valence-electron chi connectivity index (χ3n) is 2.62. The number of nitrogens with one attached hydrogen (secondary N) is 1. The molecule has 0 radical (unpaired) electrons. The summed E-state index contributed by atoms with van der Waals surface area (Å²) in [7, 11) is 0. The van der Waals surface area contributed by atoms with E-state index in [9.17, 15) is 0 Å². The van der Waals surface area contributed by atoms with E-state index in [0.717, 1.165) is 16.9 Å². The molecule has 21 heavy (non-hydrogen) atoms. The van der Waals surface area contributed by atoms with Crippen molar-refractivity contribution < 1.29 is 4.74 Å². The molecule has 0 bridgehead atoms. The summed E-state index contributed by atoms with van der Waals surface area (Å²) < 4.78 is 5.69. The Morgan fingerprint density at radius 2 is 1.95 bits per heavy atom. The van der Waals surface area contributed by atoms with Gasteiger partial charge in [0, 0.05) is 10.6 Å². The zero-order valence-corrected chi connectivity index (χ0v) is 12.7. The molecule has 0 unspecified atom stereocenters. The third kappa shape index (κ3) is 5.06. The number of ether oxygens (including phenoxy) is 1. The topological polar surface area (TPSA) is 59.6 Å². The van der Waals surface area contributed by atoms with Crippen molar-refractivity contribution in [2.75, 3.05) is 0 Å². The Balaban J connectivity index is 1.92. The first-order valence-electron chi connectivity index (χ1n) is 6.20. The van der Waals surface area contributed by atoms with Crippen LogP contribution >= 0.6 is 23.8 Å². The summed E-state index contributed by atoms with van der Waals surface area (Å²) in [6, 6.07) is 15.1. The van der Waals surface area contributed by atoms with Gasteiger partial charge in [0.1, 0.15) is 12.4 Å². The molecule has 0 fully saturated rings. The van der Waals surface area contributed by atoms with Gasteiger partial charge in [0.25, 0.3) is 0 Å². The van der Waals surface area contributed by atoms with Crippen molar-refractivity contribution in [3.63, 3.8) is 0 Å². The van der Waals surface area contributed by atoms with E-state index < -0.39 is 0 Å². The van der Waals surface area contributed by atoms with Crippen LogP contribution < -0.4 is 15.9 Å². The largest absolute Gasteiger partial charge is 0.489 e. The minimum Gasteiger partial charge on any atom is -0.489 e. The van der Waals surface area contributed by atoms with E-state index in [1.165, 1.54) is 0 Å². The molecule has 2 aromatic rings. The second-order valence-corrected chi connectivity index (χ2v) is 5.03. The molecule has 108 valence electrons. The average molecular weight is 320 g/mol. The van der Waals surface area contributed by atoms with Gasteiger partial charge in [0.05, 0.1) is 6.21 Å². The van der Waals surface area contributed by atoms with Gasteiger partial charge in [-0.3, -0.25) is 5.43 Å². The van der Waals surface area contributed by atoms with Crippen molar-refractivity contribution in [1.29, 1.82) is 0 Å². The van der Waals surface area contributed by atoms with Gasteiger partial charge in [-0.05, 0) is 48.1 Å². The first kappa shape index (κ1) is 15.3. The van der Waals surface area contributed by atoms with Crippen molar-refractivity contribution in [1.82, 2.24) is 5.43 Å². The van der Waals surface area contributed by atoms with E-state index in [-0.39, 0.29) is 5.11 Å². The molecule has 0 aliphatic heterocycles. The molecule has 0 saturated carbocycles. The van der Waals surface area contributed by atoms with Gasteiger partial charge in [-0.15, -0.1) is 0 Å². The van der Waals surface area contributed by atoms with Crippen LogP contribution in [0.4, 0.5) is 0 Å². The molecule has 0 aromatic heterocycles. The predicted molar refractivity (Wildman–Crippen MR) is 89.7 cm³/mol. The number of benzene rings is 2. The van der Waals surface area contributed by atoms with Crippen LogP contribution in [0.2, 0.25) is 5.02 Å². The molecular weight excluding hydrogens is 306 g/mol. The number of rotatable bonds is 5. The summed E-state index contributed by atoms with van der Waals surface area (Å²) in [6.07, 6.45) is 1.62. The van der Waals surface area contributed by atoms with Crippen LogP contribution in [0.15, 0.2) is 53.6 Å². The maximum Gasteiger partial charge on any atom is 0.184 e. The highest BCUT2D eigenvalue weighted by molar-refractivity contribution is 7.80. The van der Waals surface area contributed by atoms with Crippen molar-refractivity contribution >= 4 is 35.1 Å². The van der Waals surface area contributed by atoms with E-state index in [1.807, 2.05) is 48.5 Å². The first-order chi connectivity index (χ1) is 10.1. The Labute approximate surface area is 133 Å². The Bertz CT molecular complexity index is 644. The van der Waals surface area contributed by atoms with E-state index >= 15 is 0 Å². The summed E-state index contributed by atoms with van der Waals surface area (Å²) in [5.74, 6) is 0.759. The first-order valence-corrected chi connectivity index (χ1v) is 6.98. The van der Waals surface area contributed by atoms with Crippen LogP contribution in [0.25, 0.3) is 0 Å². The van der Waals surface area contributed by atoms with Crippen LogP contribution in [0.3, 0.4) is 0 Å². The smallest absolute Gasteiger partial charge is 0.184 e. The Kier molecular flexibility index (Phi) is 5.54. The van der Waals surface area contributed by atoms with E-state index in [2.05, 4.69) is 22.7 Å². The lowest BCUT2D eigenvalue weighted by molar-refractivity contribution is 0.306. The molecule has 2 rings (SSSR count). The number of hydrazone groups is 1. The standard InChI is InChI=1S/C15H14ClN3OS/c16-14-4-2-1-3-12(14)10-20-13-7-5-11(6-8-13)9-18-19-15(17)21/h1-9H,10H2,(H3,17,19,21)/b18-9-. The lowest BCUT2D eigenvalue weighted by Crippen LogP contribution is -2.23. The van der Waals surface area contributed by atoms with Gasteiger partial charge < -0.3 is 10.5 Å². The van der Waals surface area contributed by atoms with Crippen LogP contribution in [-0.2, 0) is 6.61 Å². The van der Waals surface area contributed by atoms with E-state index in [1.54, 1.807) is 6.21 Å². The minimum absolute atomic E-state index is 0.131. The lowest BCUT2D eigenvalue weighted by atomic mass is 10.2. The Morgan fingerprint density at radius 3 is 2.62 bits per heavy atom. The highest BCUT2D eigenvalue weighted by atomic mass is 35.5. The predicted octanol–water partition coefficient (Wildman–Crippen LogP) is 3.09. The summed E-state index contributed by atoms with van der Waals surface area (Å²) in [5, 5.41) is 4.71. The SMILES string of the molecule is NC(=S)N/N=C\c1ccc(OCc2ccccc2Cl)cc1. The molecule has 6 heteroatoms. The number of halogens is 1. The van der Waals surface area contributed by atoms with Gasteiger partial charge in [-0.2, -0.15) is 5.10 Å². The molecule has 0 atom stereocenters. The Morgan fingerprint density at radius 1 is 1.24 bits per heavy atom. The molecule has 3 N–H and O–H groups in total. The summed E-state index contributed by atoms with van der Waals surface area (Å²) >= 11 is 10.7. The molecule has 0 spiro atoms. The summed E-state index contributed by atoms with van der Waals surface area (Å²) in [6.45, 7) is 0.427. The molecule has 4 nitrogen and oxygen atoms in total. The fourth-order valence-electron chi connectivity index (χ4n) is 1.60. The molecule has 0 saturated heterocycles. The van der Waals surface area contributed by atoms with Gasteiger partial charge in [0.2, 0.25) is 0 Å². The highest BCUT2D eigenvalue weighted by Crippen LogP contribution is 2.18. The van der Waals surface area contributed by atoms with Gasteiger partial charge in [0.15, 0.2) is 5.11 Å². The van der Waals surface area contributed by atoms with Crippen LogP contribution in [-0.4, -0.2) is 11.3 Å². The third-order valence-corrected chi connectivity index (χ3v) is 3.08. The fourth-order valence-corrected chi connectivity index (χ4v) is 1.84. The average Bonchev–Trinajstić information content (AvgIpc) is 2.47. The molecule has 0 heterocycles. The second kappa shape index (κ2) is 7.61. The normalized spacial score (nSPS) is 10.5. The fraction of sp³-hybridized carbons (Fsp3) is 0.0667. The quantitative estimate of drug-likeness (QED) is 0.505. The number of nitrogens with two attached hydrogens (primary N) is 1. The second-order valence-electron chi connectivity index (χ2n) is 4.18. The number of hydrogen-bond acceptors (Lipinski definition) is 3. The highest BCUT2D eigenvalue weighted by Gasteiger charge is 2.00. The van der Waals surface area contributed by atoms with Crippen LogP contribution in [0.5, 0.6) is 5.75 Å². The number of nitrogens with zero attached hydrogens (tertiary/aromatic N) is 1. The van der Waals surface area contributed by atoms with Crippen molar-refractivity contribution in [3.8, 4) is 5.75 Å². The van der Waals surface area contributed by atoms with Gasteiger partial charge in [-0.25, -0.2) is 0 Å². The monoisotopic (exact) mass is 319 g/mol. The van der Waals surface area contributed by atoms with Gasteiger partial charge in [-0.1, -0.05) is 29.8 Å². The zero-order valence-electron chi connectivity index (χ0n) is 11.1. The van der Waals surface area contributed by atoms with Crippen LogP contribution in [0, 0.1) is 0 Å². The Hall–Kier alpha value is -2.11.